The van der Waals surface area contributed by atoms with E-state index in [1.54, 1.807) is 14.2 Å². The zero-order valence-electron chi connectivity index (χ0n) is 13.9. The van der Waals surface area contributed by atoms with Crippen LogP contribution in [0.3, 0.4) is 0 Å². The molecule has 1 aromatic rings. The van der Waals surface area contributed by atoms with Gasteiger partial charge in [-0.3, -0.25) is 0 Å². The fraction of sp³-hybridized carbons (Fsp3) is 0.600. The Morgan fingerprint density at radius 3 is 2.00 bits per heavy atom. The van der Waals surface area contributed by atoms with Gasteiger partial charge in [0, 0.05) is 5.56 Å². The first kappa shape index (κ1) is 17.6. The molecule has 0 amide bonds. The van der Waals surface area contributed by atoms with Crippen molar-refractivity contribution in [1.82, 2.24) is 0 Å². The first-order chi connectivity index (χ1) is 10.1. The molecule has 0 spiro atoms. The van der Waals surface area contributed by atoms with Crippen molar-refractivity contribution in [3.8, 4) is 11.5 Å². The third-order valence-corrected chi connectivity index (χ3v) is 5.05. The molecule has 1 saturated heterocycles. The molecule has 0 aliphatic carbocycles. The van der Waals surface area contributed by atoms with Crippen molar-refractivity contribution in [3.05, 3.63) is 22.2 Å². The van der Waals surface area contributed by atoms with E-state index in [-0.39, 0.29) is 0 Å². The van der Waals surface area contributed by atoms with Crippen LogP contribution < -0.4 is 15.2 Å². The molecule has 7 heteroatoms. The largest absolute Gasteiger partial charge is 0.496 e. The maximum absolute atomic E-state index is 6.39. The van der Waals surface area contributed by atoms with Gasteiger partial charge in [-0.05, 0) is 55.8 Å². The molecule has 122 valence electrons. The average Bonchev–Trinajstić information content (AvgIpc) is 2.66. The highest BCUT2D eigenvalue weighted by Crippen LogP contribution is 2.42. The van der Waals surface area contributed by atoms with Gasteiger partial charge in [-0.15, -0.1) is 0 Å². The van der Waals surface area contributed by atoms with E-state index in [9.17, 15) is 0 Å². The second-order valence-corrected chi connectivity index (χ2v) is 7.23. The van der Waals surface area contributed by atoms with Crippen LogP contribution in [0.1, 0.15) is 39.2 Å². The van der Waals surface area contributed by atoms with E-state index >= 15 is 0 Å². The second kappa shape index (κ2) is 6.04. The standard InChI is InChI=1S/C15H23BBrNO4/c1-14(2)15(3,4)22-16(21-14)13(18)9-7-12(20-6)10(17)8-11(9)19-5/h7-8,13H,18H2,1-6H3/t13-/m0/s1. The zero-order chi connectivity index (χ0) is 16.7. The molecule has 2 N–H and O–H groups in total. The lowest BCUT2D eigenvalue weighted by Crippen LogP contribution is -2.41. The first-order valence-corrected chi connectivity index (χ1v) is 7.95. The Morgan fingerprint density at radius 1 is 1.05 bits per heavy atom. The van der Waals surface area contributed by atoms with Crippen LogP contribution in [0.15, 0.2) is 16.6 Å². The molecule has 1 fully saturated rings. The van der Waals surface area contributed by atoms with Gasteiger partial charge in [0.25, 0.3) is 0 Å². The van der Waals surface area contributed by atoms with Gasteiger partial charge < -0.3 is 24.5 Å². The van der Waals surface area contributed by atoms with Crippen LogP contribution in [0.2, 0.25) is 0 Å². The summed E-state index contributed by atoms with van der Waals surface area (Å²) in [6.45, 7) is 8.00. The van der Waals surface area contributed by atoms with Gasteiger partial charge in [-0.25, -0.2) is 0 Å². The third kappa shape index (κ3) is 3.00. The molecule has 0 bridgehead atoms. The number of ether oxygens (including phenoxy) is 2. The molecule has 1 atom stereocenters. The Morgan fingerprint density at radius 2 is 1.55 bits per heavy atom. The number of benzene rings is 1. The summed E-state index contributed by atoms with van der Waals surface area (Å²) in [6, 6.07) is 3.68. The maximum Gasteiger partial charge on any atom is 0.480 e. The molecule has 1 aliphatic heterocycles. The molecular formula is C15H23BBrNO4. The molecule has 0 unspecified atom stereocenters. The SMILES string of the molecule is COc1cc([C@H](N)B2OC(C)(C)C(C)(C)O2)c(OC)cc1Br. The predicted molar refractivity (Wildman–Crippen MR) is 90.3 cm³/mol. The number of halogens is 1. The summed E-state index contributed by atoms with van der Waals surface area (Å²) in [5, 5.41) is 0. The lowest BCUT2D eigenvalue weighted by molar-refractivity contribution is 0.00578. The lowest BCUT2D eigenvalue weighted by atomic mass is 9.74. The summed E-state index contributed by atoms with van der Waals surface area (Å²) in [7, 11) is 2.66. The smallest absolute Gasteiger partial charge is 0.480 e. The van der Waals surface area contributed by atoms with E-state index in [4.69, 9.17) is 24.5 Å². The Hall–Kier alpha value is -0.755. The van der Waals surface area contributed by atoms with E-state index in [2.05, 4.69) is 15.9 Å². The fourth-order valence-electron chi connectivity index (χ4n) is 2.33. The second-order valence-electron chi connectivity index (χ2n) is 6.38. The van der Waals surface area contributed by atoms with E-state index in [1.807, 2.05) is 39.8 Å². The Bertz CT molecular complexity index is 549. The van der Waals surface area contributed by atoms with Crippen molar-refractivity contribution >= 4 is 23.0 Å². The minimum Gasteiger partial charge on any atom is -0.496 e. The van der Waals surface area contributed by atoms with Gasteiger partial charge >= 0.3 is 7.12 Å². The van der Waals surface area contributed by atoms with E-state index < -0.39 is 24.3 Å². The third-order valence-electron chi connectivity index (χ3n) is 4.43. The highest BCUT2D eigenvalue weighted by Gasteiger charge is 2.53. The molecule has 0 saturated carbocycles. The van der Waals surface area contributed by atoms with Crippen molar-refractivity contribution in [2.45, 2.75) is 44.8 Å². The van der Waals surface area contributed by atoms with Gasteiger partial charge in [-0.2, -0.15) is 0 Å². The maximum atomic E-state index is 6.39. The van der Waals surface area contributed by atoms with Crippen LogP contribution in [0.4, 0.5) is 0 Å². The van der Waals surface area contributed by atoms with Crippen LogP contribution in [0.25, 0.3) is 0 Å². The van der Waals surface area contributed by atoms with Gasteiger partial charge in [0.2, 0.25) is 0 Å². The number of methoxy groups -OCH3 is 2. The minimum absolute atomic E-state index is 0.429. The molecule has 1 aliphatic rings. The Kier molecular flexibility index (Phi) is 4.83. The molecular weight excluding hydrogens is 349 g/mol. The molecule has 2 rings (SSSR count). The molecule has 0 radical (unpaired) electrons. The number of nitrogens with two attached hydrogens (primary N) is 1. The van der Waals surface area contributed by atoms with Crippen molar-refractivity contribution in [3.63, 3.8) is 0 Å². The molecule has 22 heavy (non-hydrogen) atoms. The quantitative estimate of drug-likeness (QED) is 0.824. The monoisotopic (exact) mass is 371 g/mol. The summed E-state index contributed by atoms with van der Waals surface area (Å²) < 4.78 is 23.6. The van der Waals surface area contributed by atoms with Crippen molar-refractivity contribution in [2.24, 2.45) is 5.73 Å². The van der Waals surface area contributed by atoms with Crippen molar-refractivity contribution < 1.29 is 18.8 Å². The van der Waals surface area contributed by atoms with Gasteiger partial charge in [0.1, 0.15) is 11.5 Å². The summed E-state index contributed by atoms with van der Waals surface area (Å²) >= 11 is 3.44. The number of hydrogen-bond acceptors (Lipinski definition) is 5. The van der Waals surface area contributed by atoms with Gasteiger partial charge in [-0.1, -0.05) is 0 Å². The van der Waals surface area contributed by atoms with Crippen LogP contribution in [-0.4, -0.2) is 32.5 Å². The number of rotatable bonds is 4. The normalized spacial score (nSPS) is 20.8. The van der Waals surface area contributed by atoms with Crippen molar-refractivity contribution in [1.29, 1.82) is 0 Å². The van der Waals surface area contributed by atoms with E-state index in [0.717, 1.165) is 10.0 Å². The van der Waals surface area contributed by atoms with Crippen LogP contribution in [0, 0.1) is 0 Å². The molecule has 0 aromatic heterocycles. The summed E-state index contributed by atoms with van der Waals surface area (Å²) in [6.07, 6.45) is 0. The van der Waals surface area contributed by atoms with Crippen molar-refractivity contribution in [2.75, 3.05) is 14.2 Å². The van der Waals surface area contributed by atoms with Crippen LogP contribution in [-0.2, 0) is 9.31 Å². The lowest BCUT2D eigenvalue weighted by Gasteiger charge is -2.32. The number of hydrogen-bond donors (Lipinski definition) is 1. The molecule has 5 nitrogen and oxygen atoms in total. The van der Waals surface area contributed by atoms with E-state index in [1.165, 1.54) is 0 Å². The molecule has 1 aromatic carbocycles. The highest BCUT2D eigenvalue weighted by atomic mass is 79.9. The Balaban J connectivity index is 2.36. The van der Waals surface area contributed by atoms with Crippen LogP contribution in [0.5, 0.6) is 11.5 Å². The minimum atomic E-state index is -0.551. The van der Waals surface area contributed by atoms with E-state index in [0.29, 0.717) is 11.5 Å². The van der Waals surface area contributed by atoms with Crippen LogP contribution >= 0.6 is 15.9 Å². The highest BCUT2D eigenvalue weighted by molar-refractivity contribution is 9.10. The summed E-state index contributed by atoms with van der Waals surface area (Å²) in [5.74, 6) is 0.857. The zero-order valence-corrected chi connectivity index (χ0v) is 15.5. The molecule has 1 heterocycles. The van der Waals surface area contributed by atoms with Gasteiger partial charge in [0.15, 0.2) is 0 Å². The summed E-state index contributed by atoms with van der Waals surface area (Å²) in [4.78, 5) is 0. The topological polar surface area (TPSA) is 62.9 Å². The Labute approximate surface area is 140 Å². The van der Waals surface area contributed by atoms with Gasteiger partial charge in [0.05, 0.1) is 35.8 Å². The summed E-state index contributed by atoms with van der Waals surface area (Å²) in [5.41, 5.74) is 6.31. The fourth-order valence-corrected chi connectivity index (χ4v) is 2.81. The predicted octanol–water partition coefficient (Wildman–Crippen LogP) is 3.10. The first-order valence-electron chi connectivity index (χ1n) is 7.15. The average molecular weight is 372 g/mol.